The molecule has 0 heterocycles. The van der Waals surface area contributed by atoms with E-state index >= 15 is 0 Å². The molecule has 0 radical (unpaired) electrons. The molecule has 14 heavy (non-hydrogen) atoms. The lowest BCUT2D eigenvalue weighted by atomic mass is 9.99. The maximum absolute atomic E-state index is 11.3. The average Bonchev–Trinajstić information content (AvgIpc) is 2.02. The molecule has 0 saturated heterocycles. The van der Waals surface area contributed by atoms with Crippen LogP contribution in [-0.4, -0.2) is 11.6 Å². The summed E-state index contributed by atoms with van der Waals surface area (Å²) < 4.78 is 0. The van der Waals surface area contributed by atoms with Crippen LogP contribution in [0.15, 0.2) is 0 Å². The van der Waals surface area contributed by atoms with E-state index in [2.05, 4.69) is 13.8 Å². The van der Waals surface area contributed by atoms with Gasteiger partial charge in [0.2, 0.25) is 0 Å². The fraction of sp³-hybridized carbons (Fsp3) is 0.833. The first-order valence-electron chi connectivity index (χ1n) is 5.48. The van der Waals surface area contributed by atoms with Crippen LogP contribution in [-0.2, 0) is 9.59 Å². The minimum Gasteiger partial charge on any atom is -0.299 e. The van der Waals surface area contributed by atoms with Crippen LogP contribution in [0.25, 0.3) is 0 Å². The van der Waals surface area contributed by atoms with Crippen LogP contribution in [0.5, 0.6) is 0 Å². The fourth-order valence-corrected chi connectivity index (χ4v) is 1.19. The monoisotopic (exact) mass is 198 g/mol. The fourth-order valence-electron chi connectivity index (χ4n) is 1.19. The molecule has 0 atom stereocenters. The molecule has 0 spiro atoms. The highest BCUT2D eigenvalue weighted by atomic mass is 16.1. The Morgan fingerprint density at radius 2 is 1.64 bits per heavy atom. The Labute approximate surface area is 87.1 Å². The maximum Gasteiger partial charge on any atom is 0.142 e. The SMILES string of the molecule is CC(C)CCCC(=O)CC(=O)C(C)C. The van der Waals surface area contributed by atoms with Crippen molar-refractivity contribution in [3.63, 3.8) is 0 Å². The van der Waals surface area contributed by atoms with Gasteiger partial charge in [-0.05, 0) is 12.3 Å². The van der Waals surface area contributed by atoms with Gasteiger partial charge in [-0.2, -0.15) is 0 Å². The lowest BCUT2D eigenvalue weighted by Crippen LogP contribution is -2.13. The average molecular weight is 198 g/mol. The number of hydrogen-bond donors (Lipinski definition) is 0. The number of carbonyl (C=O) groups excluding carboxylic acids is 2. The first kappa shape index (κ1) is 13.3. The third-order valence-electron chi connectivity index (χ3n) is 2.25. The summed E-state index contributed by atoms with van der Waals surface area (Å²) in [5.41, 5.74) is 0. The third-order valence-corrected chi connectivity index (χ3v) is 2.25. The minimum absolute atomic E-state index is 0.0101. The highest BCUT2D eigenvalue weighted by molar-refractivity contribution is 5.99. The number of rotatable bonds is 7. The van der Waals surface area contributed by atoms with E-state index in [9.17, 15) is 9.59 Å². The highest BCUT2D eigenvalue weighted by Crippen LogP contribution is 2.09. The summed E-state index contributed by atoms with van der Waals surface area (Å²) in [6.45, 7) is 7.96. The quantitative estimate of drug-likeness (QED) is 0.589. The van der Waals surface area contributed by atoms with Crippen molar-refractivity contribution in [2.24, 2.45) is 11.8 Å². The van der Waals surface area contributed by atoms with Gasteiger partial charge in [0, 0.05) is 12.3 Å². The Morgan fingerprint density at radius 3 is 2.07 bits per heavy atom. The van der Waals surface area contributed by atoms with Gasteiger partial charge in [0.25, 0.3) is 0 Å². The molecule has 0 aliphatic heterocycles. The summed E-state index contributed by atoms with van der Waals surface area (Å²) in [6.07, 6.45) is 2.69. The zero-order valence-corrected chi connectivity index (χ0v) is 9.80. The largest absolute Gasteiger partial charge is 0.299 e. The van der Waals surface area contributed by atoms with E-state index in [0.29, 0.717) is 12.3 Å². The molecule has 0 aliphatic carbocycles. The molecule has 0 aromatic carbocycles. The molecule has 0 unspecified atom stereocenters. The Hall–Kier alpha value is -0.660. The zero-order valence-electron chi connectivity index (χ0n) is 9.80. The van der Waals surface area contributed by atoms with Crippen molar-refractivity contribution in [2.75, 3.05) is 0 Å². The molecule has 0 aromatic rings. The van der Waals surface area contributed by atoms with Gasteiger partial charge in [-0.15, -0.1) is 0 Å². The Bertz CT molecular complexity index is 192. The Morgan fingerprint density at radius 1 is 1.07 bits per heavy atom. The standard InChI is InChI=1S/C12H22O2/c1-9(2)6-5-7-11(13)8-12(14)10(3)4/h9-10H,5-8H2,1-4H3. The van der Waals surface area contributed by atoms with Gasteiger partial charge in [0.1, 0.15) is 11.6 Å². The Kier molecular flexibility index (Phi) is 6.43. The predicted octanol–water partition coefficient (Wildman–Crippen LogP) is 3.00. The van der Waals surface area contributed by atoms with Gasteiger partial charge in [0.15, 0.2) is 0 Å². The maximum atomic E-state index is 11.3. The molecular formula is C12H22O2. The second kappa shape index (κ2) is 6.74. The second-order valence-corrected chi connectivity index (χ2v) is 4.62. The molecule has 0 saturated carbocycles. The molecule has 0 rings (SSSR count). The summed E-state index contributed by atoms with van der Waals surface area (Å²) in [5.74, 6) is 0.802. The lowest BCUT2D eigenvalue weighted by molar-refractivity contribution is -0.128. The molecule has 0 fully saturated rings. The highest BCUT2D eigenvalue weighted by Gasteiger charge is 2.12. The van der Waals surface area contributed by atoms with Crippen molar-refractivity contribution in [3.05, 3.63) is 0 Å². The van der Waals surface area contributed by atoms with Crippen molar-refractivity contribution in [1.29, 1.82) is 0 Å². The van der Waals surface area contributed by atoms with Crippen LogP contribution in [0.2, 0.25) is 0 Å². The van der Waals surface area contributed by atoms with Gasteiger partial charge < -0.3 is 0 Å². The predicted molar refractivity (Wildman–Crippen MR) is 58.2 cm³/mol. The van der Waals surface area contributed by atoms with Gasteiger partial charge in [-0.1, -0.05) is 34.1 Å². The number of hydrogen-bond acceptors (Lipinski definition) is 2. The molecule has 2 heteroatoms. The molecule has 82 valence electrons. The van der Waals surface area contributed by atoms with Gasteiger partial charge in [0.05, 0.1) is 6.42 Å². The van der Waals surface area contributed by atoms with E-state index in [1.165, 1.54) is 0 Å². The summed E-state index contributed by atoms with van der Waals surface area (Å²) in [4.78, 5) is 22.5. The van der Waals surface area contributed by atoms with E-state index in [4.69, 9.17) is 0 Å². The molecule has 0 bridgehead atoms. The molecule has 0 amide bonds. The van der Waals surface area contributed by atoms with Crippen molar-refractivity contribution in [3.8, 4) is 0 Å². The van der Waals surface area contributed by atoms with E-state index < -0.39 is 0 Å². The summed E-state index contributed by atoms with van der Waals surface area (Å²) in [6, 6.07) is 0. The molecule has 0 aromatic heterocycles. The summed E-state index contributed by atoms with van der Waals surface area (Å²) in [7, 11) is 0. The first-order valence-corrected chi connectivity index (χ1v) is 5.48. The van der Waals surface area contributed by atoms with E-state index in [1.54, 1.807) is 0 Å². The van der Waals surface area contributed by atoms with Gasteiger partial charge >= 0.3 is 0 Å². The normalized spacial score (nSPS) is 11.0. The second-order valence-electron chi connectivity index (χ2n) is 4.62. The molecule has 0 N–H and O–H groups in total. The van der Waals surface area contributed by atoms with Crippen molar-refractivity contribution in [1.82, 2.24) is 0 Å². The van der Waals surface area contributed by atoms with E-state index in [0.717, 1.165) is 12.8 Å². The first-order chi connectivity index (χ1) is 6.43. The summed E-state index contributed by atoms with van der Waals surface area (Å²) >= 11 is 0. The van der Waals surface area contributed by atoms with E-state index in [1.807, 2.05) is 13.8 Å². The zero-order chi connectivity index (χ0) is 11.1. The third kappa shape index (κ3) is 6.81. The van der Waals surface area contributed by atoms with Crippen LogP contribution in [0.1, 0.15) is 53.4 Å². The number of Topliss-reactive ketones (excluding diaryl/α,β-unsaturated/α-hetero) is 2. The number of ketones is 2. The minimum atomic E-state index is -0.0101. The van der Waals surface area contributed by atoms with Crippen molar-refractivity contribution < 1.29 is 9.59 Å². The van der Waals surface area contributed by atoms with Crippen LogP contribution in [0.3, 0.4) is 0 Å². The Balaban J connectivity index is 3.61. The van der Waals surface area contributed by atoms with Gasteiger partial charge in [-0.3, -0.25) is 9.59 Å². The molecule has 2 nitrogen and oxygen atoms in total. The van der Waals surface area contributed by atoms with E-state index in [-0.39, 0.29) is 23.9 Å². The molecule has 0 aliphatic rings. The molecular weight excluding hydrogens is 176 g/mol. The smallest absolute Gasteiger partial charge is 0.142 e. The van der Waals surface area contributed by atoms with Crippen molar-refractivity contribution >= 4 is 11.6 Å². The number of carbonyl (C=O) groups is 2. The topological polar surface area (TPSA) is 34.1 Å². The van der Waals surface area contributed by atoms with Crippen LogP contribution < -0.4 is 0 Å². The van der Waals surface area contributed by atoms with Crippen LogP contribution >= 0.6 is 0 Å². The summed E-state index contributed by atoms with van der Waals surface area (Å²) in [5, 5.41) is 0. The van der Waals surface area contributed by atoms with Gasteiger partial charge in [-0.25, -0.2) is 0 Å². The van der Waals surface area contributed by atoms with Crippen LogP contribution in [0, 0.1) is 11.8 Å². The van der Waals surface area contributed by atoms with Crippen LogP contribution in [0.4, 0.5) is 0 Å². The van der Waals surface area contributed by atoms with Crippen molar-refractivity contribution in [2.45, 2.75) is 53.4 Å². The lowest BCUT2D eigenvalue weighted by Gasteiger charge is -2.05.